The minimum atomic E-state index is 0. The van der Waals surface area contributed by atoms with Crippen LogP contribution in [0.2, 0.25) is 0 Å². The molecular formula is C11H14ClMgN. The summed E-state index contributed by atoms with van der Waals surface area (Å²) in [4.78, 5) is 0. The average molecular weight is 220 g/mol. The second-order valence-corrected chi connectivity index (χ2v) is 2.92. The molecule has 14 heavy (non-hydrogen) atoms. The number of benzene rings is 1. The fourth-order valence-electron chi connectivity index (χ4n) is 1.12. The normalized spacial score (nSPS) is 8.36. The van der Waals surface area contributed by atoms with E-state index >= 15 is 0 Å². The first-order chi connectivity index (χ1) is 5.84. The van der Waals surface area contributed by atoms with Gasteiger partial charge in [0.05, 0.1) is 0 Å². The summed E-state index contributed by atoms with van der Waals surface area (Å²) >= 11 is 0. The number of hydrogen-bond donors (Lipinski definition) is 0. The smallest absolute Gasteiger partial charge is 1.00 e. The fraction of sp³-hybridized carbons (Fsp3) is 0.364. The number of halogens is 1. The van der Waals surface area contributed by atoms with E-state index in [1.54, 1.807) is 0 Å². The first kappa shape index (κ1) is 16.4. The van der Waals surface area contributed by atoms with Crippen LogP contribution in [0.3, 0.4) is 0 Å². The van der Waals surface area contributed by atoms with Crippen molar-refractivity contribution < 1.29 is 12.4 Å². The second-order valence-electron chi connectivity index (χ2n) is 2.92. The summed E-state index contributed by atoms with van der Waals surface area (Å²) in [5.74, 6) is 0. The Labute approximate surface area is 108 Å². The van der Waals surface area contributed by atoms with Crippen LogP contribution in [0.5, 0.6) is 0 Å². The van der Waals surface area contributed by atoms with E-state index in [1.165, 1.54) is 0 Å². The maximum Gasteiger partial charge on any atom is 2.00 e. The van der Waals surface area contributed by atoms with Crippen LogP contribution in [0, 0.1) is 0 Å². The van der Waals surface area contributed by atoms with Crippen molar-refractivity contribution in [3.8, 4) is 0 Å². The van der Waals surface area contributed by atoms with Gasteiger partial charge in [-0.05, 0) is 12.0 Å². The van der Waals surface area contributed by atoms with Crippen molar-refractivity contribution in [2.75, 3.05) is 0 Å². The van der Waals surface area contributed by atoms with E-state index in [1.807, 2.05) is 30.3 Å². The van der Waals surface area contributed by atoms with Crippen molar-refractivity contribution in [1.29, 1.82) is 0 Å². The van der Waals surface area contributed by atoms with Gasteiger partial charge in [0.25, 0.3) is 0 Å². The van der Waals surface area contributed by atoms with Crippen LogP contribution >= 0.6 is 0 Å². The average Bonchev–Trinajstić information content (AvgIpc) is 2.15. The molecule has 3 heteroatoms. The SMILES string of the molecule is CCCCC(=[N-])c1ccccc1.[Cl-].[Mg+2]. The molecule has 72 valence electrons. The zero-order valence-corrected chi connectivity index (χ0v) is 10.7. The van der Waals surface area contributed by atoms with Crippen LogP contribution in [0.4, 0.5) is 0 Å². The molecule has 0 spiro atoms. The number of hydrogen-bond acceptors (Lipinski definition) is 0. The maximum absolute atomic E-state index is 9.57. The zero-order chi connectivity index (χ0) is 8.81. The van der Waals surface area contributed by atoms with Crippen molar-refractivity contribution in [3.63, 3.8) is 0 Å². The van der Waals surface area contributed by atoms with Gasteiger partial charge in [0.15, 0.2) is 0 Å². The molecule has 0 aromatic heterocycles. The van der Waals surface area contributed by atoms with Crippen molar-refractivity contribution in [3.05, 3.63) is 41.3 Å². The van der Waals surface area contributed by atoms with Crippen LogP contribution in [0.15, 0.2) is 30.3 Å². The molecule has 0 unspecified atom stereocenters. The number of nitrogens with zero attached hydrogens (tertiary/aromatic N) is 1. The molecule has 0 fully saturated rings. The summed E-state index contributed by atoms with van der Waals surface area (Å²) < 4.78 is 0. The molecule has 0 atom stereocenters. The topological polar surface area (TPSA) is 22.3 Å². The van der Waals surface area contributed by atoms with Gasteiger partial charge in [-0.15, -0.1) is 0 Å². The van der Waals surface area contributed by atoms with E-state index in [9.17, 15) is 5.41 Å². The van der Waals surface area contributed by atoms with Crippen LogP contribution in [0.1, 0.15) is 31.7 Å². The Morgan fingerprint density at radius 3 is 2.29 bits per heavy atom. The molecule has 1 aromatic rings. The molecule has 0 bridgehead atoms. The molecule has 0 radical (unpaired) electrons. The standard InChI is InChI=1S/C11H14N.ClH.Mg/c1-2-3-9-11(12)10-7-5-4-6-8-10;;/h4-8H,2-3,9H2,1H3;1H;/q-1;;+2/p-1. The van der Waals surface area contributed by atoms with Gasteiger partial charge in [0, 0.05) is 0 Å². The van der Waals surface area contributed by atoms with E-state index in [-0.39, 0.29) is 35.5 Å². The van der Waals surface area contributed by atoms with E-state index in [0.29, 0.717) is 5.71 Å². The molecule has 0 heterocycles. The number of rotatable bonds is 4. The summed E-state index contributed by atoms with van der Waals surface area (Å²) in [6.07, 6.45) is 2.97. The number of unbranched alkanes of at least 4 members (excludes halogenated alkanes) is 1. The van der Waals surface area contributed by atoms with Crippen LogP contribution in [-0.4, -0.2) is 28.8 Å². The van der Waals surface area contributed by atoms with Gasteiger partial charge >= 0.3 is 23.1 Å². The Morgan fingerprint density at radius 1 is 1.21 bits per heavy atom. The molecule has 1 rings (SSSR count). The van der Waals surface area contributed by atoms with E-state index in [2.05, 4.69) is 6.92 Å². The Morgan fingerprint density at radius 2 is 1.79 bits per heavy atom. The molecule has 0 aliphatic rings. The monoisotopic (exact) mass is 219 g/mol. The Balaban J connectivity index is 0. The first-order valence-corrected chi connectivity index (χ1v) is 4.44. The van der Waals surface area contributed by atoms with Gasteiger partial charge in [-0.3, -0.25) is 0 Å². The summed E-state index contributed by atoms with van der Waals surface area (Å²) in [5.41, 5.74) is 1.46. The molecule has 0 amide bonds. The van der Waals surface area contributed by atoms with Gasteiger partial charge in [-0.2, -0.15) is 5.71 Å². The third kappa shape index (κ3) is 5.63. The predicted octanol–water partition coefficient (Wildman–Crippen LogP) is -0.142. The predicted molar refractivity (Wildman–Crippen MR) is 59.2 cm³/mol. The van der Waals surface area contributed by atoms with Gasteiger partial charge in [-0.25, -0.2) is 0 Å². The summed E-state index contributed by atoms with van der Waals surface area (Å²) in [6, 6.07) is 9.71. The van der Waals surface area contributed by atoms with Gasteiger partial charge in [0.2, 0.25) is 0 Å². The second kappa shape index (κ2) is 9.50. The Hall–Kier alpha value is -0.0538. The molecule has 0 aliphatic carbocycles. The molecule has 0 saturated heterocycles. The minimum Gasteiger partial charge on any atom is -1.00 e. The van der Waals surface area contributed by atoms with Crippen molar-refractivity contribution in [1.82, 2.24) is 0 Å². The zero-order valence-electron chi connectivity index (χ0n) is 8.54. The molecule has 0 saturated carbocycles. The molecule has 0 aliphatic heterocycles. The van der Waals surface area contributed by atoms with Gasteiger partial charge in [0.1, 0.15) is 0 Å². The van der Waals surface area contributed by atoms with E-state index in [0.717, 1.165) is 24.8 Å². The third-order valence-corrected chi connectivity index (χ3v) is 1.87. The molecule has 1 aromatic carbocycles. The van der Waals surface area contributed by atoms with Crippen molar-refractivity contribution in [2.24, 2.45) is 0 Å². The molecular weight excluding hydrogens is 206 g/mol. The first-order valence-electron chi connectivity index (χ1n) is 4.44. The summed E-state index contributed by atoms with van der Waals surface area (Å²) in [5, 5.41) is 9.57. The van der Waals surface area contributed by atoms with E-state index in [4.69, 9.17) is 0 Å². The molecule has 1 nitrogen and oxygen atoms in total. The Bertz CT molecular complexity index is 249. The summed E-state index contributed by atoms with van der Waals surface area (Å²) in [7, 11) is 0. The quantitative estimate of drug-likeness (QED) is 0.497. The van der Waals surface area contributed by atoms with Crippen molar-refractivity contribution >= 4 is 28.8 Å². The fourth-order valence-corrected chi connectivity index (χ4v) is 1.12. The maximum atomic E-state index is 9.57. The largest absolute Gasteiger partial charge is 2.00 e. The minimum absolute atomic E-state index is 0. The van der Waals surface area contributed by atoms with E-state index < -0.39 is 0 Å². The Kier molecular flexibility index (Phi) is 11.1. The van der Waals surface area contributed by atoms with Crippen LogP contribution < -0.4 is 12.4 Å². The van der Waals surface area contributed by atoms with Gasteiger partial charge < -0.3 is 17.8 Å². The molecule has 0 N–H and O–H groups in total. The third-order valence-electron chi connectivity index (χ3n) is 1.87. The van der Waals surface area contributed by atoms with Gasteiger partial charge in [-0.1, -0.05) is 50.1 Å². The van der Waals surface area contributed by atoms with Crippen LogP contribution in [0.25, 0.3) is 5.41 Å². The van der Waals surface area contributed by atoms with Crippen LogP contribution in [-0.2, 0) is 0 Å². The van der Waals surface area contributed by atoms with Crippen molar-refractivity contribution in [2.45, 2.75) is 26.2 Å². The summed E-state index contributed by atoms with van der Waals surface area (Å²) in [6.45, 7) is 2.12.